The standard InChI is InChI=1S/C22H27BO4/c1-21(2)22(3,4)27-23(26-21)19-10-8-16(9-11-19)6-7-17-12-18(15-24)14-20(13-17)25-5/h6-14,24H,15H2,1-5H3/b7-6+. The van der Waals surface area contributed by atoms with E-state index in [1.165, 1.54) is 0 Å². The number of methoxy groups -OCH3 is 1. The van der Waals surface area contributed by atoms with Crippen molar-refractivity contribution in [2.45, 2.75) is 45.5 Å². The van der Waals surface area contributed by atoms with Gasteiger partial charge in [-0.25, -0.2) is 0 Å². The minimum Gasteiger partial charge on any atom is -0.497 e. The first-order valence-electron chi connectivity index (χ1n) is 9.16. The van der Waals surface area contributed by atoms with E-state index in [4.69, 9.17) is 14.0 Å². The largest absolute Gasteiger partial charge is 0.497 e. The predicted octanol–water partition coefficient (Wildman–Crippen LogP) is 3.66. The van der Waals surface area contributed by atoms with Crippen molar-refractivity contribution in [3.8, 4) is 5.75 Å². The van der Waals surface area contributed by atoms with E-state index in [9.17, 15) is 5.11 Å². The van der Waals surface area contributed by atoms with Crippen molar-refractivity contribution < 1.29 is 19.2 Å². The highest BCUT2D eigenvalue weighted by Crippen LogP contribution is 2.36. The number of ether oxygens (including phenoxy) is 1. The Kier molecular flexibility index (Phi) is 5.47. The number of aliphatic hydroxyl groups excluding tert-OH is 1. The molecule has 0 spiro atoms. The Morgan fingerprint density at radius 2 is 1.52 bits per heavy atom. The minimum atomic E-state index is -0.349. The van der Waals surface area contributed by atoms with Crippen molar-refractivity contribution in [3.63, 3.8) is 0 Å². The molecule has 1 heterocycles. The second kappa shape index (κ2) is 7.51. The number of aliphatic hydroxyl groups is 1. The second-order valence-electron chi connectivity index (χ2n) is 7.86. The highest BCUT2D eigenvalue weighted by Gasteiger charge is 2.51. The summed E-state index contributed by atoms with van der Waals surface area (Å²) in [4.78, 5) is 0. The number of benzene rings is 2. The van der Waals surface area contributed by atoms with Crippen LogP contribution in [0.2, 0.25) is 0 Å². The van der Waals surface area contributed by atoms with Crippen molar-refractivity contribution >= 4 is 24.7 Å². The summed E-state index contributed by atoms with van der Waals surface area (Å²) in [6.07, 6.45) is 4.04. The first-order valence-corrected chi connectivity index (χ1v) is 9.16. The summed E-state index contributed by atoms with van der Waals surface area (Å²) in [5, 5.41) is 9.37. The third kappa shape index (κ3) is 4.27. The Morgan fingerprint density at radius 3 is 2.07 bits per heavy atom. The lowest BCUT2D eigenvalue weighted by molar-refractivity contribution is 0.00578. The lowest BCUT2D eigenvalue weighted by Gasteiger charge is -2.32. The first-order chi connectivity index (χ1) is 12.7. The van der Waals surface area contributed by atoms with Crippen LogP contribution in [-0.4, -0.2) is 30.5 Å². The number of rotatable bonds is 5. The van der Waals surface area contributed by atoms with Gasteiger partial charge >= 0.3 is 7.12 Å². The third-order valence-electron chi connectivity index (χ3n) is 5.34. The fraction of sp³-hybridized carbons (Fsp3) is 0.364. The molecule has 0 aromatic heterocycles. The zero-order valence-corrected chi connectivity index (χ0v) is 16.7. The molecule has 1 saturated heterocycles. The molecule has 1 aliphatic heterocycles. The van der Waals surface area contributed by atoms with Crippen LogP contribution in [0.5, 0.6) is 5.75 Å². The van der Waals surface area contributed by atoms with Crippen LogP contribution in [-0.2, 0) is 15.9 Å². The Morgan fingerprint density at radius 1 is 0.926 bits per heavy atom. The molecule has 0 unspecified atom stereocenters. The predicted molar refractivity (Wildman–Crippen MR) is 110 cm³/mol. The van der Waals surface area contributed by atoms with Crippen molar-refractivity contribution in [1.82, 2.24) is 0 Å². The van der Waals surface area contributed by atoms with E-state index in [-0.39, 0.29) is 24.9 Å². The van der Waals surface area contributed by atoms with Gasteiger partial charge in [0.2, 0.25) is 0 Å². The molecule has 1 aliphatic rings. The lowest BCUT2D eigenvalue weighted by Crippen LogP contribution is -2.41. The minimum absolute atomic E-state index is 0.0131. The molecular formula is C22H27BO4. The molecule has 4 nitrogen and oxygen atoms in total. The summed E-state index contributed by atoms with van der Waals surface area (Å²) >= 11 is 0. The summed E-state index contributed by atoms with van der Waals surface area (Å²) in [5.41, 5.74) is 3.21. The molecule has 3 rings (SSSR count). The van der Waals surface area contributed by atoms with Gasteiger partial charge in [-0.1, -0.05) is 36.4 Å². The smallest absolute Gasteiger partial charge is 0.494 e. The maximum absolute atomic E-state index is 9.37. The summed E-state index contributed by atoms with van der Waals surface area (Å²) in [6.45, 7) is 8.20. The Labute approximate surface area is 161 Å². The van der Waals surface area contributed by atoms with Gasteiger partial charge in [0.25, 0.3) is 0 Å². The van der Waals surface area contributed by atoms with Gasteiger partial charge in [-0.2, -0.15) is 0 Å². The molecule has 0 radical (unpaired) electrons. The van der Waals surface area contributed by atoms with Crippen LogP contribution in [0.3, 0.4) is 0 Å². The van der Waals surface area contributed by atoms with E-state index in [0.717, 1.165) is 27.9 Å². The second-order valence-corrected chi connectivity index (χ2v) is 7.86. The van der Waals surface area contributed by atoms with E-state index in [1.807, 2.05) is 54.6 Å². The van der Waals surface area contributed by atoms with Gasteiger partial charge in [0.05, 0.1) is 24.9 Å². The molecule has 1 N–H and O–H groups in total. The van der Waals surface area contributed by atoms with E-state index < -0.39 is 0 Å². The van der Waals surface area contributed by atoms with Crippen LogP contribution >= 0.6 is 0 Å². The lowest BCUT2D eigenvalue weighted by atomic mass is 9.79. The molecule has 2 aromatic rings. The highest BCUT2D eigenvalue weighted by atomic mass is 16.7. The fourth-order valence-electron chi connectivity index (χ4n) is 2.93. The monoisotopic (exact) mass is 366 g/mol. The van der Waals surface area contributed by atoms with Crippen LogP contribution in [0.4, 0.5) is 0 Å². The molecule has 5 heteroatoms. The molecule has 142 valence electrons. The van der Waals surface area contributed by atoms with Crippen molar-refractivity contribution in [3.05, 3.63) is 59.2 Å². The highest BCUT2D eigenvalue weighted by molar-refractivity contribution is 6.62. The summed E-state index contributed by atoms with van der Waals surface area (Å²) < 4.78 is 17.5. The molecule has 2 aromatic carbocycles. The first kappa shape index (κ1) is 19.7. The maximum Gasteiger partial charge on any atom is 0.494 e. The Bertz CT molecular complexity index is 786. The quantitative estimate of drug-likeness (QED) is 0.648. The molecule has 0 amide bonds. The van der Waals surface area contributed by atoms with Crippen molar-refractivity contribution in [2.24, 2.45) is 0 Å². The van der Waals surface area contributed by atoms with Crippen molar-refractivity contribution in [1.29, 1.82) is 0 Å². The maximum atomic E-state index is 9.37. The van der Waals surface area contributed by atoms with E-state index in [1.54, 1.807) is 7.11 Å². The van der Waals surface area contributed by atoms with Gasteiger partial charge in [0.1, 0.15) is 5.75 Å². The zero-order chi connectivity index (χ0) is 19.7. The van der Waals surface area contributed by atoms with E-state index in [0.29, 0.717) is 0 Å². The van der Waals surface area contributed by atoms with Gasteiger partial charge in [-0.3, -0.25) is 0 Å². The van der Waals surface area contributed by atoms with E-state index in [2.05, 4.69) is 27.7 Å². The molecule has 27 heavy (non-hydrogen) atoms. The molecule has 0 aliphatic carbocycles. The Balaban J connectivity index is 1.74. The van der Waals surface area contributed by atoms with E-state index >= 15 is 0 Å². The topological polar surface area (TPSA) is 47.9 Å². The molecule has 0 bridgehead atoms. The molecular weight excluding hydrogens is 339 g/mol. The number of hydrogen-bond donors (Lipinski definition) is 1. The zero-order valence-electron chi connectivity index (χ0n) is 16.7. The van der Waals surface area contributed by atoms with Gasteiger partial charge in [-0.05, 0) is 68.0 Å². The molecule has 0 saturated carbocycles. The van der Waals surface area contributed by atoms with Crippen LogP contribution in [0.15, 0.2) is 42.5 Å². The fourth-order valence-corrected chi connectivity index (χ4v) is 2.93. The van der Waals surface area contributed by atoms with Crippen molar-refractivity contribution in [2.75, 3.05) is 7.11 Å². The van der Waals surface area contributed by atoms with Crippen LogP contribution in [0, 0.1) is 0 Å². The van der Waals surface area contributed by atoms with Gasteiger partial charge < -0.3 is 19.2 Å². The SMILES string of the molecule is COc1cc(/C=C/c2ccc(B3OC(C)(C)C(C)(C)O3)cc2)cc(CO)c1. The molecule has 1 fully saturated rings. The summed E-state index contributed by atoms with van der Waals surface area (Å²) in [7, 11) is 1.27. The van der Waals surface area contributed by atoms with Crippen LogP contribution < -0.4 is 10.2 Å². The Hall–Kier alpha value is -2.08. The van der Waals surface area contributed by atoms with Crippen LogP contribution in [0.1, 0.15) is 44.4 Å². The van der Waals surface area contributed by atoms with Crippen LogP contribution in [0.25, 0.3) is 12.2 Å². The molecule has 0 atom stereocenters. The number of hydrogen-bond acceptors (Lipinski definition) is 4. The van der Waals surface area contributed by atoms with Gasteiger partial charge in [-0.15, -0.1) is 0 Å². The average molecular weight is 366 g/mol. The summed E-state index contributed by atoms with van der Waals surface area (Å²) in [6, 6.07) is 13.9. The summed E-state index contributed by atoms with van der Waals surface area (Å²) in [5.74, 6) is 0.734. The normalized spacial score (nSPS) is 18.2. The average Bonchev–Trinajstić information content (AvgIpc) is 2.87. The third-order valence-corrected chi connectivity index (χ3v) is 5.34. The van der Waals surface area contributed by atoms with Gasteiger partial charge in [0.15, 0.2) is 0 Å². The van der Waals surface area contributed by atoms with Gasteiger partial charge in [0, 0.05) is 0 Å².